The van der Waals surface area contributed by atoms with Crippen molar-refractivity contribution in [2.75, 3.05) is 20.0 Å². The third-order valence-corrected chi connectivity index (χ3v) is 6.61. The number of pyridine rings is 1. The second kappa shape index (κ2) is 8.98. The number of Topliss-reactive ketones (excluding diaryl/α,β-unsaturated/α-hetero) is 1. The van der Waals surface area contributed by atoms with Gasteiger partial charge in [0.2, 0.25) is 0 Å². The number of methoxy groups -OCH3 is 2. The zero-order chi connectivity index (χ0) is 22.0. The number of thioether (sulfide) groups is 1. The maximum Gasteiger partial charge on any atom is 0.313 e. The average Bonchev–Trinajstić information content (AvgIpc) is 3.24. The van der Waals surface area contributed by atoms with Crippen LogP contribution in [0.4, 0.5) is 0 Å². The Hall–Kier alpha value is -3.06. The minimum atomic E-state index is -0.845. The number of hydrogen-bond acceptors (Lipinski definition) is 6. The van der Waals surface area contributed by atoms with Gasteiger partial charge in [-0.05, 0) is 37.0 Å². The summed E-state index contributed by atoms with van der Waals surface area (Å²) in [6.45, 7) is 0. The number of ether oxygens (including phenoxy) is 2. The summed E-state index contributed by atoms with van der Waals surface area (Å²) in [6.07, 6.45) is 3.01. The molecule has 31 heavy (non-hydrogen) atoms. The molecule has 4 rings (SSSR count). The fraction of sp³-hybridized carbons (Fsp3) is 0.292. The van der Waals surface area contributed by atoms with Crippen LogP contribution in [0.25, 0.3) is 10.9 Å². The van der Waals surface area contributed by atoms with Crippen molar-refractivity contribution in [2.24, 2.45) is 0 Å². The van der Waals surface area contributed by atoms with Crippen molar-refractivity contribution < 1.29 is 24.2 Å². The van der Waals surface area contributed by atoms with Gasteiger partial charge in [-0.1, -0.05) is 18.2 Å². The summed E-state index contributed by atoms with van der Waals surface area (Å²) in [7, 11) is 3.15. The Labute approximate surface area is 184 Å². The van der Waals surface area contributed by atoms with Crippen LogP contribution in [0, 0.1) is 0 Å². The van der Waals surface area contributed by atoms with E-state index in [0.717, 1.165) is 51.9 Å². The SMILES string of the molecule is COc1ccc(CC(=O)c2ccc3c(SCC(=O)O)c4c(nc3c2)CCC4)c(OC)c1. The quantitative estimate of drug-likeness (QED) is 0.414. The van der Waals surface area contributed by atoms with Crippen LogP contribution in [-0.2, 0) is 24.1 Å². The van der Waals surface area contributed by atoms with E-state index in [9.17, 15) is 9.59 Å². The van der Waals surface area contributed by atoms with Gasteiger partial charge in [-0.25, -0.2) is 0 Å². The molecule has 1 aromatic heterocycles. The zero-order valence-electron chi connectivity index (χ0n) is 17.4. The van der Waals surface area contributed by atoms with Gasteiger partial charge in [0.05, 0.1) is 25.5 Å². The number of benzene rings is 2. The number of carboxylic acid groups (broad SMARTS) is 1. The van der Waals surface area contributed by atoms with E-state index in [4.69, 9.17) is 19.6 Å². The van der Waals surface area contributed by atoms with E-state index in [1.807, 2.05) is 24.3 Å². The summed E-state index contributed by atoms with van der Waals surface area (Å²) >= 11 is 1.34. The van der Waals surface area contributed by atoms with Crippen LogP contribution in [0.5, 0.6) is 11.5 Å². The first-order valence-corrected chi connectivity index (χ1v) is 11.0. The Kier molecular flexibility index (Phi) is 6.13. The molecule has 6 nitrogen and oxygen atoms in total. The van der Waals surface area contributed by atoms with Gasteiger partial charge in [-0.3, -0.25) is 14.6 Å². The number of ketones is 1. The molecular formula is C24H23NO5S. The Morgan fingerprint density at radius 3 is 2.68 bits per heavy atom. The normalized spacial score (nSPS) is 12.6. The molecule has 1 heterocycles. The van der Waals surface area contributed by atoms with Crippen molar-refractivity contribution >= 4 is 34.4 Å². The van der Waals surface area contributed by atoms with E-state index in [1.165, 1.54) is 11.8 Å². The average molecular weight is 438 g/mol. The number of carboxylic acids is 1. The predicted octanol–water partition coefficient (Wildman–Crippen LogP) is 4.34. The number of hydrogen-bond donors (Lipinski definition) is 1. The highest BCUT2D eigenvalue weighted by molar-refractivity contribution is 8.00. The van der Waals surface area contributed by atoms with Crippen LogP contribution in [-0.4, -0.2) is 41.8 Å². The minimum Gasteiger partial charge on any atom is -0.497 e. The second-order valence-electron chi connectivity index (χ2n) is 7.41. The Bertz CT molecular complexity index is 1170. The van der Waals surface area contributed by atoms with Crippen LogP contribution in [0.3, 0.4) is 0 Å². The molecule has 1 aliphatic carbocycles. The molecule has 2 aromatic carbocycles. The van der Waals surface area contributed by atoms with Gasteiger partial charge in [0.15, 0.2) is 5.78 Å². The van der Waals surface area contributed by atoms with Gasteiger partial charge in [0, 0.05) is 39.6 Å². The highest BCUT2D eigenvalue weighted by Crippen LogP contribution is 2.37. The lowest BCUT2D eigenvalue weighted by atomic mass is 10.00. The minimum absolute atomic E-state index is 0.00347. The fourth-order valence-electron chi connectivity index (χ4n) is 3.97. The van der Waals surface area contributed by atoms with Gasteiger partial charge in [-0.15, -0.1) is 11.8 Å². The largest absolute Gasteiger partial charge is 0.497 e. The van der Waals surface area contributed by atoms with Gasteiger partial charge in [0.25, 0.3) is 0 Å². The highest BCUT2D eigenvalue weighted by Gasteiger charge is 2.21. The second-order valence-corrected chi connectivity index (χ2v) is 8.40. The molecule has 1 N–H and O–H groups in total. The van der Waals surface area contributed by atoms with E-state index < -0.39 is 5.97 Å². The van der Waals surface area contributed by atoms with Gasteiger partial charge < -0.3 is 14.6 Å². The summed E-state index contributed by atoms with van der Waals surface area (Å²) < 4.78 is 10.6. The summed E-state index contributed by atoms with van der Waals surface area (Å²) in [4.78, 5) is 29.9. The summed E-state index contributed by atoms with van der Waals surface area (Å²) in [5.41, 5.74) is 4.27. The third kappa shape index (κ3) is 4.37. The van der Waals surface area contributed by atoms with Crippen molar-refractivity contribution in [1.82, 2.24) is 4.98 Å². The Morgan fingerprint density at radius 2 is 1.94 bits per heavy atom. The standard InChI is InChI=1S/C24H23NO5S/c1-29-16-8-6-15(22(12-16)30-2)11-21(26)14-7-9-18-20(10-14)25-19-5-3-4-17(19)24(18)31-13-23(27)28/h6-10,12H,3-5,11,13H2,1-2H3,(H,27,28). The predicted molar refractivity (Wildman–Crippen MR) is 120 cm³/mol. The number of nitrogens with zero attached hydrogens (tertiary/aromatic N) is 1. The lowest BCUT2D eigenvalue weighted by Gasteiger charge is -2.13. The molecule has 0 saturated carbocycles. The van der Waals surface area contributed by atoms with Crippen molar-refractivity contribution in [3.8, 4) is 11.5 Å². The number of fused-ring (bicyclic) bond motifs is 2. The molecule has 0 bridgehead atoms. The van der Waals surface area contributed by atoms with Gasteiger partial charge in [-0.2, -0.15) is 0 Å². The summed E-state index contributed by atoms with van der Waals surface area (Å²) in [6, 6.07) is 10.9. The van der Waals surface area contributed by atoms with E-state index in [1.54, 1.807) is 26.4 Å². The lowest BCUT2D eigenvalue weighted by molar-refractivity contribution is -0.133. The van der Waals surface area contributed by atoms with Crippen LogP contribution in [0.15, 0.2) is 41.3 Å². The first-order valence-electron chi connectivity index (χ1n) is 10.0. The number of carbonyl (C=O) groups is 2. The lowest BCUT2D eigenvalue weighted by Crippen LogP contribution is -2.06. The molecule has 0 unspecified atom stereocenters. The summed E-state index contributed by atoms with van der Waals surface area (Å²) in [5.74, 6) is 0.401. The van der Waals surface area contributed by atoms with Crippen molar-refractivity contribution in [2.45, 2.75) is 30.6 Å². The number of carbonyl (C=O) groups excluding carboxylic acids is 1. The van der Waals surface area contributed by atoms with Crippen LogP contribution >= 0.6 is 11.8 Å². The molecule has 0 aliphatic heterocycles. The maximum absolute atomic E-state index is 13.0. The molecule has 0 fully saturated rings. The molecule has 0 amide bonds. The van der Waals surface area contributed by atoms with Gasteiger partial charge >= 0.3 is 5.97 Å². The Balaban J connectivity index is 1.67. The van der Waals surface area contributed by atoms with E-state index >= 15 is 0 Å². The monoisotopic (exact) mass is 437 g/mol. The van der Waals surface area contributed by atoms with E-state index in [-0.39, 0.29) is 18.0 Å². The van der Waals surface area contributed by atoms with Crippen LogP contribution in [0.2, 0.25) is 0 Å². The first-order chi connectivity index (χ1) is 15.0. The van der Waals surface area contributed by atoms with Crippen molar-refractivity contribution in [3.05, 3.63) is 58.8 Å². The Morgan fingerprint density at radius 1 is 1.10 bits per heavy atom. The van der Waals surface area contributed by atoms with Crippen LogP contribution < -0.4 is 9.47 Å². The van der Waals surface area contributed by atoms with Crippen molar-refractivity contribution in [3.63, 3.8) is 0 Å². The van der Waals surface area contributed by atoms with Crippen LogP contribution in [0.1, 0.15) is 33.6 Å². The van der Waals surface area contributed by atoms with E-state index in [2.05, 4.69) is 0 Å². The number of aryl methyl sites for hydroxylation is 1. The molecule has 0 radical (unpaired) electrons. The molecule has 7 heteroatoms. The molecule has 3 aromatic rings. The summed E-state index contributed by atoms with van der Waals surface area (Å²) in [5, 5.41) is 10.0. The topological polar surface area (TPSA) is 85.7 Å². The molecule has 160 valence electrons. The molecular weight excluding hydrogens is 414 g/mol. The first kappa shape index (κ1) is 21.2. The fourth-order valence-corrected chi connectivity index (χ4v) is 4.96. The molecule has 0 saturated heterocycles. The zero-order valence-corrected chi connectivity index (χ0v) is 18.3. The maximum atomic E-state index is 13.0. The van der Waals surface area contributed by atoms with Gasteiger partial charge in [0.1, 0.15) is 11.5 Å². The molecule has 1 aliphatic rings. The number of aromatic nitrogens is 1. The van der Waals surface area contributed by atoms with E-state index in [0.29, 0.717) is 17.1 Å². The molecule has 0 spiro atoms. The third-order valence-electron chi connectivity index (χ3n) is 5.47. The number of aliphatic carboxylic acids is 1. The molecule has 0 atom stereocenters. The number of rotatable bonds is 8. The smallest absolute Gasteiger partial charge is 0.313 e. The highest BCUT2D eigenvalue weighted by atomic mass is 32.2. The van der Waals surface area contributed by atoms with Crippen molar-refractivity contribution in [1.29, 1.82) is 0 Å².